The number of benzene rings is 1. The number of ether oxygens (including phenoxy) is 2. The Kier molecular flexibility index (Phi) is 7.61. The monoisotopic (exact) mass is 424 g/mol. The van der Waals surface area contributed by atoms with Crippen molar-refractivity contribution in [3.63, 3.8) is 0 Å². The van der Waals surface area contributed by atoms with Crippen molar-refractivity contribution >= 4 is 35.4 Å². The molecule has 1 aromatic rings. The third kappa shape index (κ3) is 5.26. The molecule has 0 spiro atoms. The van der Waals surface area contributed by atoms with Crippen LogP contribution < -0.4 is 5.32 Å². The molecular formula is C20H25ClN2O6. The summed E-state index contributed by atoms with van der Waals surface area (Å²) in [6.45, 7) is 2.30. The van der Waals surface area contributed by atoms with Crippen LogP contribution in [0.3, 0.4) is 0 Å². The molecule has 1 unspecified atom stereocenters. The molecular weight excluding hydrogens is 400 g/mol. The third-order valence-electron chi connectivity index (χ3n) is 4.87. The van der Waals surface area contributed by atoms with Crippen molar-refractivity contribution in [2.75, 3.05) is 13.6 Å². The van der Waals surface area contributed by atoms with Crippen LogP contribution in [-0.2, 0) is 29.4 Å². The van der Waals surface area contributed by atoms with E-state index in [9.17, 15) is 19.2 Å². The minimum Gasteiger partial charge on any atom is -0.424 e. The fraction of sp³-hybridized carbons (Fsp3) is 0.500. The molecule has 2 rings (SSSR count). The first kappa shape index (κ1) is 22.7. The zero-order chi connectivity index (χ0) is 21.6. The molecule has 1 aliphatic rings. The Morgan fingerprint density at radius 3 is 2.55 bits per heavy atom. The Bertz CT molecular complexity index is 799. The standard InChI is InChI=1S/C20H25ClN2O6/c1-13(24)22-12-18(26)28-14(2)29-19(27)23(3)20(11-7-6-10-17(20)25)15-8-4-5-9-16(15)21/h4-5,8-9,14H,6-7,10-12H2,1-3H3,(H,22,24)/t14?,20-/m1/s1. The molecule has 0 aromatic heterocycles. The minimum absolute atomic E-state index is 0.119. The van der Waals surface area contributed by atoms with Crippen molar-refractivity contribution in [3.05, 3.63) is 34.9 Å². The highest BCUT2D eigenvalue weighted by Crippen LogP contribution is 2.42. The number of amides is 2. The zero-order valence-electron chi connectivity index (χ0n) is 16.7. The molecule has 0 heterocycles. The number of nitrogens with one attached hydrogen (secondary N) is 1. The van der Waals surface area contributed by atoms with Gasteiger partial charge in [-0.2, -0.15) is 0 Å². The van der Waals surface area contributed by atoms with Crippen molar-refractivity contribution in [2.45, 2.75) is 51.4 Å². The molecule has 2 amide bonds. The molecule has 2 atom stereocenters. The lowest BCUT2D eigenvalue weighted by Gasteiger charge is -2.43. The fourth-order valence-electron chi connectivity index (χ4n) is 3.45. The maximum Gasteiger partial charge on any atom is 0.413 e. The van der Waals surface area contributed by atoms with Gasteiger partial charge >= 0.3 is 12.1 Å². The van der Waals surface area contributed by atoms with Crippen molar-refractivity contribution in [1.82, 2.24) is 10.2 Å². The molecule has 29 heavy (non-hydrogen) atoms. The number of likely N-dealkylation sites (N-methyl/N-ethyl adjacent to an activating group) is 1. The van der Waals surface area contributed by atoms with E-state index in [1.807, 2.05) is 0 Å². The zero-order valence-corrected chi connectivity index (χ0v) is 17.5. The SMILES string of the molecule is CC(=O)NCC(=O)OC(C)OC(=O)N(C)[C@@]1(c2ccccc2Cl)CCCCC1=O. The second-order valence-corrected chi connectivity index (χ2v) is 7.29. The van der Waals surface area contributed by atoms with Gasteiger partial charge < -0.3 is 14.8 Å². The average molecular weight is 425 g/mol. The van der Waals surface area contributed by atoms with E-state index in [-0.39, 0.29) is 18.2 Å². The predicted molar refractivity (Wildman–Crippen MR) is 105 cm³/mol. The van der Waals surface area contributed by atoms with Gasteiger partial charge in [0.1, 0.15) is 12.1 Å². The summed E-state index contributed by atoms with van der Waals surface area (Å²) in [5.41, 5.74) is -0.700. The lowest BCUT2D eigenvalue weighted by atomic mass is 9.74. The van der Waals surface area contributed by atoms with E-state index < -0.39 is 23.9 Å². The number of hydrogen-bond acceptors (Lipinski definition) is 6. The number of halogens is 1. The van der Waals surface area contributed by atoms with Gasteiger partial charge in [-0.3, -0.25) is 19.3 Å². The van der Waals surface area contributed by atoms with Gasteiger partial charge in [-0.1, -0.05) is 29.8 Å². The van der Waals surface area contributed by atoms with E-state index >= 15 is 0 Å². The molecule has 1 fully saturated rings. The minimum atomic E-state index is -1.24. The highest BCUT2D eigenvalue weighted by molar-refractivity contribution is 6.31. The van der Waals surface area contributed by atoms with Crippen LogP contribution >= 0.6 is 11.6 Å². The maximum absolute atomic E-state index is 13.0. The lowest BCUT2D eigenvalue weighted by molar-refractivity contribution is -0.167. The Morgan fingerprint density at radius 1 is 1.24 bits per heavy atom. The van der Waals surface area contributed by atoms with Crippen LogP contribution in [0.25, 0.3) is 0 Å². The summed E-state index contributed by atoms with van der Waals surface area (Å²) >= 11 is 6.36. The Morgan fingerprint density at radius 2 is 1.93 bits per heavy atom. The number of hydrogen-bond donors (Lipinski definition) is 1. The van der Waals surface area contributed by atoms with Crippen LogP contribution in [0.2, 0.25) is 5.02 Å². The second-order valence-electron chi connectivity index (χ2n) is 6.88. The molecule has 1 aromatic carbocycles. The molecule has 1 aliphatic carbocycles. The van der Waals surface area contributed by atoms with Gasteiger partial charge in [-0.15, -0.1) is 0 Å². The summed E-state index contributed by atoms with van der Waals surface area (Å²) in [5, 5.41) is 2.68. The van der Waals surface area contributed by atoms with Crippen molar-refractivity contribution in [2.24, 2.45) is 0 Å². The molecule has 158 valence electrons. The van der Waals surface area contributed by atoms with Gasteiger partial charge in [0.05, 0.1) is 0 Å². The van der Waals surface area contributed by atoms with E-state index in [0.717, 1.165) is 12.8 Å². The Balaban J connectivity index is 2.17. The first-order valence-corrected chi connectivity index (χ1v) is 9.73. The summed E-state index contributed by atoms with van der Waals surface area (Å²) in [7, 11) is 1.47. The topological polar surface area (TPSA) is 102 Å². The number of nitrogens with zero attached hydrogens (tertiary/aromatic N) is 1. The maximum atomic E-state index is 13.0. The molecule has 0 aliphatic heterocycles. The lowest BCUT2D eigenvalue weighted by Crippen LogP contribution is -2.54. The number of carbonyl (C=O) groups is 4. The highest BCUT2D eigenvalue weighted by Gasteiger charge is 2.48. The highest BCUT2D eigenvalue weighted by atomic mass is 35.5. The summed E-state index contributed by atoms with van der Waals surface area (Å²) in [6, 6.07) is 6.91. The number of carbonyl (C=O) groups excluding carboxylic acids is 4. The molecule has 1 N–H and O–H groups in total. The molecule has 0 saturated heterocycles. The third-order valence-corrected chi connectivity index (χ3v) is 5.20. The molecule has 0 bridgehead atoms. The van der Waals surface area contributed by atoms with Gasteiger partial charge in [0.2, 0.25) is 12.2 Å². The quantitative estimate of drug-likeness (QED) is 0.556. The van der Waals surface area contributed by atoms with Crippen LogP contribution in [0.4, 0.5) is 4.79 Å². The van der Waals surface area contributed by atoms with Gasteiger partial charge in [0.25, 0.3) is 0 Å². The summed E-state index contributed by atoms with van der Waals surface area (Å²) in [6.07, 6.45) is 0.205. The van der Waals surface area contributed by atoms with Crippen LogP contribution in [0.15, 0.2) is 24.3 Å². The van der Waals surface area contributed by atoms with E-state index in [4.69, 9.17) is 21.1 Å². The van der Waals surface area contributed by atoms with Crippen LogP contribution in [0, 0.1) is 0 Å². The predicted octanol–water partition coefficient (Wildman–Crippen LogP) is 2.77. The van der Waals surface area contributed by atoms with Crippen LogP contribution in [-0.4, -0.2) is 48.5 Å². The van der Waals surface area contributed by atoms with Crippen molar-refractivity contribution in [3.8, 4) is 0 Å². The number of rotatable bonds is 6. The van der Waals surface area contributed by atoms with E-state index in [0.29, 0.717) is 23.4 Å². The smallest absolute Gasteiger partial charge is 0.413 e. The van der Waals surface area contributed by atoms with Gasteiger partial charge in [-0.05, 0) is 25.3 Å². The van der Waals surface area contributed by atoms with E-state index in [1.54, 1.807) is 24.3 Å². The molecule has 0 radical (unpaired) electrons. The van der Waals surface area contributed by atoms with Gasteiger partial charge in [0, 0.05) is 37.9 Å². The summed E-state index contributed by atoms with van der Waals surface area (Å²) < 4.78 is 10.2. The molecule has 8 nitrogen and oxygen atoms in total. The van der Waals surface area contributed by atoms with Gasteiger partial charge in [-0.25, -0.2) is 4.79 Å². The molecule has 9 heteroatoms. The number of Topliss-reactive ketones (excluding diaryl/α,β-unsaturated/α-hetero) is 1. The number of ketones is 1. The van der Waals surface area contributed by atoms with Crippen molar-refractivity contribution in [1.29, 1.82) is 0 Å². The van der Waals surface area contributed by atoms with Crippen LogP contribution in [0.5, 0.6) is 0 Å². The van der Waals surface area contributed by atoms with E-state index in [1.165, 1.54) is 25.8 Å². The van der Waals surface area contributed by atoms with Crippen LogP contribution in [0.1, 0.15) is 45.1 Å². The second kappa shape index (κ2) is 9.73. The average Bonchev–Trinajstić information content (AvgIpc) is 2.67. The normalized spacial score (nSPS) is 19.8. The molecule has 1 saturated carbocycles. The first-order valence-electron chi connectivity index (χ1n) is 9.35. The summed E-state index contributed by atoms with van der Waals surface area (Å²) in [4.78, 5) is 49.5. The summed E-state index contributed by atoms with van der Waals surface area (Å²) in [5.74, 6) is -1.26. The Labute approximate surface area is 174 Å². The van der Waals surface area contributed by atoms with Crippen molar-refractivity contribution < 1.29 is 28.7 Å². The largest absolute Gasteiger partial charge is 0.424 e. The first-order chi connectivity index (χ1) is 13.7. The Hall–Kier alpha value is -2.61. The van der Waals surface area contributed by atoms with E-state index in [2.05, 4.69) is 5.32 Å². The number of esters is 1. The van der Waals surface area contributed by atoms with Gasteiger partial charge in [0.15, 0.2) is 5.78 Å². The fourth-order valence-corrected chi connectivity index (χ4v) is 3.75.